The number of sulfonamides is 2. The Morgan fingerprint density at radius 1 is 0.944 bits per heavy atom. The van der Waals surface area contributed by atoms with Gasteiger partial charge in [0.25, 0.3) is 0 Å². The van der Waals surface area contributed by atoms with Crippen molar-refractivity contribution in [2.45, 2.75) is 22.6 Å². The molecule has 13 heteroatoms. The van der Waals surface area contributed by atoms with E-state index < -0.39 is 31.8 Å². The molecule has 2 fully saturated rings. The predicted molar refractivity (Wildman–Crippen MR) is 129 cm³/mol. The van der Waals surface area contributed by atoms with E-state index in [-0.39, 0.29) is 47.6 Å². The van der Waals surface area contributed by atoms with Gasteiger partial charge in [0, 0.05) is 37.8 Å². The Morgan fingerprint density at radius 2 is 1.56 bits per heavy atom. The zero-order valence-corrected chi connectivity index (χ0v) is 21.4. The molecule has 0 aromatic heterocycles. The van der Waals surface area contributed by atoms with Crippen molar-refractivity contribution in [3.63, 3.8) is 0 Å². The van der Waals surface area contributed by atoms with Crippen LogP contribution in [0.5, 0.6) is 5.75 Å². The van der Waals surface area contributed by atoms with Gasteiger partial charge in [0.1, 0.15) is 16.5 Å². The number of anilines is 1. The van der Waals surface area contributed by atoms with Crippen LogP contribution in [0.3, 0.4) is 0 Å². The Morgan fingerprint density at radius 3 is 2.17 bits per heavy atom. The average Bonchev–Trinajstić information content (AvgIpc) is 2.89. The van der Waals surface area contributed by atoms with Crippen LogP contribution in [-0.4, -0.2) is 77.9 Å². The summed E-state index contributed by atoms with van der Waals surface area (Å²) in [5.41, 5.74) is 0.300. The first-order valence-corrected chi connectivity index (χ1v) is 14.3. The van der Waals surface area contributed by atoms with Gasteiger partial charge in [0.2, 0.25) is 26.0 Å². The average molecular weight is 542 g/mol. The van der Waals surface area contributed by atoms with E-state index in [2.05, 4.69) is 5.32 Å². The van der Waals surface area contributed by atoms with Crippen molar-refractivity contribution in [2.75, 3.05) is 51.8 Å². The Balaban J connectivity index is 1.43. The minimum absolute atomic E-state index is 0.000888. The van der Waals surface area contributed by atoms with Gasteiger partial charge in [-0.1, -0.05) is 0 Å². The molecular formula is C23H28FN3O7S2. The van der Waals surface area contributed by atoms with Crippen LogP contribution in [0.4, 0.5) is 10.1 Å². The van der Waals surface area contributed by atoms with Crippen LogP contribution in [0.15, 0.2) is 52.3 Å². The highest BCUT2D eigenvalue weighted by Gasteiger charge is 2.33. The molecule has 0 bridgehead atoms. The molecule has 2 aliphatic heterocycles. The molecule has 196 valence electrons. The van der Waals surface area contributed by atoms with Crippen molar-refractivity contribution in [1.82, 2.24) is 8.61 Å². The van der Waals surface area contributed by atoms with E-state index in [1.807, 2.05) is 0 Å². The molecule has 2 aromatic rings. The fourth-order valence-electron chi connectivity index (χ4n) is 4.24. The molecule has 1 amide bonds. The number of hydrogen-bond acceptors (Lipinski definition) is 7. The maximum Gasteiger partial charge on any atom is 0.246 e. The first kappa shape index (κ1) is 26.5. The molecular weight excluding hydrogens is 513 g/mol. The van der Waals surface area contributed by atoms with Gasteiger partial charge < -0.3 is 14.8 Å². The van der Waals surface area contributed by atoms with Crippen molar-refractivity contribution in [3.05, 3.63) is 48.3 Å². The quantitative estimate of drug-likeness (QED) is 0.568. The van der Waals surface area contributed by atoms with E-state index in [1.165, 1.54) is 40.0 Å². The highest BCUT2D eigenvalue weighted by Crippen LogP contribution is 2.31. The van der Waals surface area contributed by atoms with Crippen LogP contribution in [0, 0.1) is 11.7 Å². The Bertz CT molecular complexity index is 1300. The molecule has 1 N–H and O–H groups in total. The second-order valence-electron chi connectivity index (χ2n) is 8.50. The number of ether oxygens (including phenoxy) is 2. The van der Waals surface area contributed by atoms with E-state index in [0.717, 1.165) is 12.1 Å². The predicted octanol–water partition coefficient (Wildman–Crippen LogP) is 1.89. The molecule has 4 rings (SSSR count). The number of morpholine rings is 1. The fraction of sp³-hybridized carbons (Fsp3) is 0.435. The number of benzene rings is 2. The van der Waals surface area contributed by atoms with Gasteiger partial charge in [-0.25, -0.2) is 21.2 Å². The number of halogens is 1. The number of methoxy groups -OCH3 is 1. The standard InChI is InChI=1S/C23H28FN3O7S2/c1-33-21-7-4-19(16-22(21)36(31,32)27-12-14-34-15-13-27)25-23(28)17-8-10-26(11-9-17)35(29,30)20-5-2-18(24)3-6-20/h2-7,16-17H,8-15H2,1H3,(H,25,28). The minimum atomic E-state index is -3.86. The van der Waals surface area contributed by atoms with Crippen molar-refractivity contribution < 1.29 is 35.5 Å². The monoisotopic (exact) mass is 541 g/mol. The summed E-state index contributed by atoms with van der Waals surface area (Å²) < 4.78 is 78.2. The van der Waals surface area contributed by atoms with Crippen molar-refractivity contribution in [3.8, 4) is 5.75 Å². The molecule has 0 radical (unpaired) electrons. The summed E-state index contributed by atoms with van der Waals surface area (Å²) in [6.07, 6.45) is 0.586. The van der Waals surface area contributed by atoms with Crippen molar-refractivity contribution in [1.29, 1.82) is 0 Å². The van der Waals surface area contributed by atoms with Gasteiger partial charge >= 0.3 is 0 Å². The number of nitrogens with zero attached hydrogens (tertiary/aromatic N) is 2. The van der Waals surface area contributed by atoms with Crippen molar-refractivity contribution >= 4 is 31.6 Å². The highest BCUT2D eigenvalue weighted by molar-refractivity contribution is 7.89. The van der Waals surface area contributed by atoms with Gasteiger partial charge in [0.05, 0.1) is 25.2 Å². The molecule has 0 spiro atoms. The smallest absolute Gasteiger partial charge is 0.246 e. The number of hydrogen-bond donors (Lipinski definition) is 1. The molecule has 0 atom stereocenters. The van der Waals surface area contributed by atoms with E-state index in [9.17, 15) is 26.0 Å². The first-order valence-electron chi connectivity index (χ1n) is 11.5. The molecule has 36 heavy (non-hydrogen) atoms. The molecule has 2 heterocycles. The summed E-state index contributed by atoms with van der Waals surface area (Å²) in [5.74, 6) is -1.14. The zero-order chi connectivity index (χ0) is 25.9. The fourth-order valence-corrected chi connectivity index (χ4v) is 7.30. The number of rotatable bonds is 7. The third-order valence-electron chi connectivity index (χ3n) is 6.30. The van der Waals surface area contributed by atoms with Crippen molar-refractivity contribution in [2.24, 2.45) is 5.92 Å². The summed E-state index contributed by atoms with van der Waals surface area (Å²) in [7, 11) is -6.27. The van der Waals surface area contributed by atoms with Gasteiger partial charge in [0.15, 0.2) is 0 Å². The van der Waals surface area contributed by atoms with Gasteiger partial charge in [-0.2, -0.15) is 8.61 Å². The molecule has 0 unspecified atom stereocenters. The lowest BCUT2D eigenvalue weighted by Gasteiger charge is -2.30. The lowest BCUT2D eigenvalue weighted by atomic mass is 9.97. The summed E-state index contributed by atoms with van der Waals surface area (Å²) in [6, 6.07) is 9.04. The van der Waals surface area contributed by atoms with Crippen LogP contribution < -0.4 is 10.1 Å². The number of piperidine rings is 1. The van der Waals surface area contributed by atoms with Gasteiger partial charge in [-0.3, -0.25) is 4.79 Å². The second-order valence-corrected chi connectivity index (χ2v) is 12.3. The normalized spacial score (nSPS) is 18.6. The number of carbonyl (C=O) groups is 1. The summed E-state index contributed by atoms with van der Waals surface area (Å²) >= 11 is 0. The van der Waals surface area contributed by atoms with E-state index in [0.29, 0.717) is 31.7 Å². The SMILES string of the molecule is COc1ccc(NC(=O)C2CCN(S(=O)(=O)c3ccc(F)cc3)CC2)cc1S(=O)(=O)N1CCOCC1. The van der Waals surface area contributed by atoms with Crippen LogP contribution >= 0.6 is 0 Å². The number of carbonyl (C=O) groups excluding carboxylic acids is 1. The minimum Gasteiger partial charge on any atom is -0.495 e. The topological polar surface area (TPSA) is 122 Å². The Labute approximate surface area is 210 Å². The van der Waals surface area contributed by atoms with E-state index >= 15 is 0 Å². The van der Waals surface area contributed by atoms with E-state index in [4.69, 9.17) is 9.47 Å². The molecule has 0 aliphatic carbocycles. The number of amides is 1. The Hall–Kier alpha value is -2.58. The maximum absolute atomic E-state index is 13.2. The lowest BCUT2D eigenvalue weighted by molar-refractivity contribution is -0.120. The first-order chi connectivity index (χ1) is 17.1. The molecule has 0 saturated carbocycles. The summed E-state index contributed by atoms with van der Waals surface area (Å²) in [6.45, 7) is 1.32. The maximum atomic E-state index is 13.2. The highest BCUT2D eigenvalue weighted by atomic mass is 32.2. The summed E-state index contributed by atoms with van der Waals surface area (Å²) in [4.78, 5) is 12.9. The van der Waals surface area contributed by atoms with Gasteiger partial charge in [-0.15, -0.1) is 0 Å². The lowest BCUT2D eigenvalue weighted by Crippen LogP contribution is -2.41. The zero-order valence-electron chi connectivity index (χ0n) is 19.7. The second kappa shape index (κ2) is 10.8. The Kier molecular flexibility index (Phi) is 7.95. The van der Waals surface area contributed by atoms with Crippen LogP contribution in [0.1, 0.15) is 12.8 Å². The molecule has 2 saturated heterocycles. The third kappa shape index (κ3) is 5.54. The van der Waals surface area contributed by atoms with Crippen LogP contribution in [0.2, 0.25) is 0 Å². The van der Waals surface area contributed by atoms with Gasteiger partial charge in [-0.05, 0) is 55.3 Å². The molecule has 10 nitrogen and oxygen atoms in total. The van der Waals surface area contributed by atoms with Crippen LogP contribution in [0.25, 0.3) is 0 Å². The van der Waals surface area contributed by atoms with E-state index in [1.54, 1.807) is 6.07 Å². The third-order valence-corrected chi connectivity index (χ3v) is 10.1. The molecule has 2 aliphatic rings. The van der Waals surface area contributed by atoms with Crippen LogP contribution in [-0.2, 0) is 29.6 Å². The molecule has 2 aromatic carbocycles. The summed E-state index contributed by atoms with van der Waals surface area (Å²) in [5, 5.41) is 2.76. The number of nitrogens with one attached hydrogen (secondary N) is 1. The largest absolute Gasteiger partial charge is 0.495 e.